The highest BCUT2D eigenvalue weighted by atomic mass is 35.5. The number of fused-ring (bicyclic) bond motifs is 1. The summed E-state index contributed by atoms with van der Waals surface area (Å²) in [5.41, 5.74) is 0.636. The molecule has 112 valence electrons. The smallest absolute Gasteiger partial charge is 0.179 e. The number of hydrogen-bond donors (Lipinski definition) is 1. The van der Waals surface area contributed by atoms with Crippen LogP contribution in [-0.4, -0.2) is 38.5 Å². The van der Waals surface area contributed by atoms with Gasteiger partial charge in [0.2, 0.25) is 0 Å². The molecule has 1 aliphatic rings. The maximum Gasteiger partial charge on any atom is 0.179 e. The highest BCUT2D eigenvalue weighted by Gasteiger charge is 2.20. The van der Waals surface area contributed by atoms with Gasteiger partial charge in [-0.25, -0.2) is 0 Å². The summed E-state index contributed by atoms with van der Waals surface area (Å²) < 4.78 is 11.2. The number of aliphatic hydroxyl groups is 1. The van der Waals surface area contributed by atoms with Crippen molar-refractivity contribution in [2.24, 2.45) is 7.05 Å². The summed E-state index contributed by atoms with van der Waals surface area (Å²) in [7, 11) is 1.67. The van der Waals surface area contributed by atoms with Crippen LogP contribution in [0.3, 0.4) is 0 Å². The topological polar surface area (TPSA) is 82.3 Å². The molecule has 1 N–H and O–H groups in total. The first-order valence-electron chi connectivity index (χ1n) is 6.63. The molecule has 1 atom stereocenters. The van der Waals surface area contributed by atoms with Crippen LogP contribution in [-0.2, 0) is 13.5 Å². The van der Waals surface area contributed by atoms with E-state index in [0.29, 0.717) is 41.1 Å². The molecule has 0 radical (unpaired) electrons. The first kappa shape index (κ1) is 14.1. The predicted molar refractivity (Wildman–Crippen MR) is 74.5 cm³/mol. The zero-order valence-electron chi connectivity index (χ0n) is 11.5. The quantitative estimate of drug-likeness (QED) is 0.920. The maximum atomic E-state index is 10.3. The van der Waals surface area contributed by atoms with E-state index < -0.39 is 6.10 Å². The third-order valence-electron chi connectivity index (χ3n) is 3.13. The molecule has 1 unspecified atom stereocenters. The normalized spacial score (nSPS) is 15.6. The molecule has 0 fully saturated rings. The van der Waals surface area contributed by atoms with Gasteiger partial charge in [0.1, 0.15) is 0 Å². The average Bonchev–Trinajstić information content (AvgIpc) is 2.72. The number of nitrogens with zero attached hydrogens (tertiary/aromatic N) is 4. The molecular formula is C13H15ClN4O3. The number of aromatic nitrogens is 4. The molecule has 21 heavy (non-hydrogen) atoms. The highest BCUT2D eigenvalue weighted by Crippen LogP contribution is 2.39. The van der Waals surface area contributed by atoms with Crippen molar-refractivity contribution in [3.05, 3.63) is 28.5 Å². The fourth-order valence-corrected chi connectivity index (χ4v) is 2.41. The van der Waals surface area contributed by atoms with E-state index in [1.54, 1.807) is 19.2 Å². The zero-order chi connectivity index (χ0) is 14.8. The van der Waals surface area contributed by atoms with Gasteiger partial charge in [-0.3, -0.25) is 0 Å². The second-order valence-electron chi connectivity index (χ2n) is 4.80. The van der Waals surface area contributed by atoms with Crippen LogP contribution >= 0.6 is 11.6 Å². The van der Waals surface area contributed by atoms with Gasteiger partial charge in [-0.05, 0) is 22.9 Å². The molecule has 2 heterocycles. The van der Waals surface area contributed by atoms with Crippen LogP contribution in [0.1, 0.15) is 23.9 Å². The Morgan fingerprint density at radius 1 is 1.38 bits per heavy atom. The van der Waals surface area contributed by atoms with E-state index in [4.69, 9.17) is 21.1 Å². The minimum Gasteiger partial charge on any atom is -0.489 e. The molecule has 0 saturated heterocycles. The van der Waals surface area contributed by atoms with Crippen LogP contribution in [0.2, 0.25) is 5.02 Å². The molecular weight excluding hydrogens is 296 g/mol. The number of ether oxygens (including phenoxy) is 2. The Morgan fingerprint density at radius 2 is 2.19 bits per heavy atom. The fraction of sp³-hybridized carbons (Fsp3) is 0.462. The lowest BCUT2D eigenvalue weighted by molar-refractivity contribution is 0.175. The Bertz CT molecular complexity index is 646. The van der Waals surface area contributed by atoms with Gasteiger partial charge in [0.15, 0.2) is 17.3 Å². The van der Waals surface area contributed by atoms with Crippen LogP contribution in [0.5, 0.6) is 11.5 Å². The van der Waals surface area contributed by atoms with Crippen molar-refractivity contribution in [1.82, 2.24) is 20.2 Å². The molecule has 0 bridgehead atoms. The maximum absolute atomic E-state index is 10.3. The number of halogens is 1. The lowest BCUT2D eigenvalue weighted by atomic mass is 10.1. The molecule has 1 aliphatic heterocycles. The van der Waals surface area contributed by atoms with E-state index in [1.165, 1.54) is 4.80 Å². The second kappa shape index (κ2) is 5.87. The second-order valence-corrected chi connectivity index (χ2v) is 5.20. The Balaban J connectivity index is 1.84. The molecule has 7 nitrogen and oxygen atoms in total. The van der Waals surface area contributed by atoms with Crippen LogP contribution in [0.25, 0.3) is 0 Å². The summed E-state index contributed by atoms with van der Waals surface area (Å²) in [6.45, 7) is 1.13. The fourth-order valence-electron chi connectivity index (χ4n) is 2.14. The average molecular weight is 311 g/mol. The van der Waals surface area contributed by atoms with Crippen LogP contribution in [0.15, 0.2) is 12.1 Å². The van der Waals surface area contributed by atoms with Gasteiger partial charge in [0.25, 0.3) is 0 Å². The van der Waals surface area contributed by atoms with Crippen molar-refractivity contribution in [3.63, 3.8) is 0 Å². The molecule has 2 aromatic rings. The third kappa shape index (κ3) is 3.08. The monoisotopic (exact) mass is 310 g/mol. The summed E-state index contributed by atoms with van der Waals surface area (Å²) in [5.74, 6) is 1.55. The van der Waals surface area contributed by atoms with Gasteiger partial charge < -0.3 is 14.6 Å². The number of rotatable bonds is 3. The van der Waals surface area contributed by atoms with E-state index in [1.807, 2.05) is 0 Å². The summed E-state index contributed by atoms with van der Waals surface area (Å²) in [6, 6.07) is 3.42. The van der Waals surface area contributed by atoms with E-state index >= 15 is 0 Å². The molecule has 1 aromatic carbocycles. The summed E-state index contributed by atoms with van der Waals surface area (Å²) in [5, 5.41) is 22.4. The van der Waals surface area contributed by atoms with Gasteiger partial charge in [0.05, 0.1) is 31.4 Å². The molecule has 3 rings (SSSR count). The molecule has 0 amide bonds. The lowest BCUT2D eigenvalue weighted by Crippen LogP contribution is -2.05. The molecule has 1 aromatic heterocycles. The Kier molecular flexibility index (Phi) is 3.94. The zero-order valence-corrected chi connectivity index (χ0v) is 12.2. The lowest BCUT2D eigenvalue weighted by Gasteiger charge is -2.14. The minimum absolute atomic E-state index is 0.254. The number of tetrazole rings is 1. The molecule has 0 saturated carbocycles. The Morgan fingerprint density at radius 3 is 2.95 bits per heavy atom. The number of hydrogen-bond acceptors (Lipinski definition) is 6. The van der Waals surface area contributed by atoms with Crippen molar-refractivity contribution in [2.45, 2.75) is 18.9 Å². The molecule has 0 aliphatic carbocycles. The minimum atomic E-state index is -0.788. The number of aryl methyl sites for hydroxylation is 1. The molecule has 0 spiro atoms. The van der Waals surface area contributed by atoms with Gasteiger partial charge >= 0.3 is 0 Å². The SMILES string of the molecule is Cn1nnc(CC(O)c2cc(Cl)c3c(c2)OCCCO3)n1. The van der Waals surface area contributed by atoms with Crippen LogP contribution in [0, 0.1) is 0 Å². The van der Waals surface area contributed by atoms with Gasteiger partial charge in [-0.1, -0.05) is 11.6 Å². The van der Waals surface area contributed by atoms with E-state index in [0.717, 1.165) is 6.42 Å². The Hall–Kier alpha value is -1.86. The van der Waals surface area contributed by atoms with Gasteiger partial charge in [-0.15, -0.1) is 10.2 Å². The number of benzene rings is 1. The van der Waals surface area contributed by atoms with Gasteiger partial charge in [0, 0.05) is 12.8 Å². The van der Waals surface area contributed by atoms with Crippen molar-refractivity contribution in [1.29, 1.82) is 0 Å². The van der Waals surface area contributed by atoms with Gasteiger partial charge in [-0.2, -0.15) is 4.80 Å². The van der Waals surface area contributed by atoms with Crippen molar-refractivity contribution >= 4 is 11.6 Å². The Labute approximate surface area is 126 Å². The largest absolute Gasteiger partial charge is 0.489 e. The third-order valence-corrected chi connectivity index (χ3v) is 3.42. The number of aliphatic hydroxyl groups excluding tert-OH is 1. The van der Waals surface area contributed by atoms with Crippen molar-refractivity contribution in [2.75, 3.05) is 13.2 Å². The summed E-state index contributed by atoms with van der Waals surface area (Å²) >= 11 is 6.21. The molecule has 8 heteroatoms. The van der Waals surface area contributed by atoms with Crippen LogP contribution in [0.4, 0.5) is 0 Å². The predicted octanol–water partition coefficient (Wildman–Crippen LogP) is 1.30. The first-order valence-corrected chi connectivity index (χ1v) is 7.01. The van der Waals surface area contributed by atoms with E-state index in [9.17, 15) is 5.11 Å². The van der Waals surface area contributed by atoms with E-state index in [2.05, 4.69) is 15.4 Å². The summed E-state index contributed by atoms with van der Waals surface area (Å²) in [4.78, 5) is 1.35. The van der Waals surface area contributed by atoms with Crippen molar-refractivity contribution < 1.29 is 14.6 Å². The first-order chi connectivity index (χ1) is 10.1. The standard InChI is InChI=1S/C13H15ClN4O3/c1-18-16-12(15-17-18)7-10(19)8-5-9(14)13-11(6-8)20-3-2-4-21-13/h5-6,10,19H,2-4,7H2,1H3. The highest BCUT2D eigenvalue weighted by molar-refractivity contribution is 6.32. The summed E-state index contributed by atoms with van der Waals surface area (Å²) in [6.07, 6.45) is 0.264. The van der Waals surface area contributed by atoms with Crippen LogP contribution < -0.4 is 9.47 Å². The van der Waals surface area contributed by atoms with Crippen molar-refractivity contribution in [3.8, 4) is 11.5 Å². The van der Waals surface area contributed by atoms with E-state index in [-0.39, 0.29) is 6.42 Å².